The minimum absolute atomic E-state index is 0.0372. The van der Waals surface area contributed by atoms with Crippen molar-refractivity contribution in [2.45, 2.75) is 0 Å². The van der Waals surface area contributed by atoms with E-state index >= 15 is 0 Å². The third-order valence-corrected chi connectivity index (χ3v) is 2.07. The number of carbonyl (C=O) groups is 1. The Morgan fingerprint density at radius 1 is 1.62 bits per heavy atom. The number of aldehydes is 1. The molecule has 0 saturated heterocycles. The van der Waals surface area contributed by atoms with Crippen LogP contribution in [0.1, 0.15) is 0 Å². The van der Waals surface area contributed by atoms with Gasteiger partial charge in [0.15, 0.2) is 6.29 Å². The van der Waals surface area contributed by atoms with Crippen molar-refractivity contribution in [2.24, 2.45) is 9.98 Å². The van der Waals surface area contributed by atoms with Crippen molar-refractivity contribution in [3.8, 4) is 0 Å². The van der Waals surface area contributed by atoms with Crippen molar-refractivity contribution in [1.29, 1.82) is 0 Å². The Hall–Kier alpha value is -0.320. The zero-order valence-corrected chi connectivity index (χ0v) is 9.29. The van der Waals surface area contributed by atoms with E-state index in [9.17, 15) is 4.79 Å². The zero-order chi connectivity index (χ0) is 10.3. The van der Waals surface area contributed by atoms with Gasteiger partial charge in [-0.1, -0.05) is 23.2 Å². The Morgan fingerprint density at radius 2 is 2.23 bits per heavy atom. The van der Waals surface area contributed by atoms with Crippen LogP contribution < -0.4 is 0 Å². The van der Waals surface area contributed by atoms with Crippen molar-refractivity contribution >= 4 is 53.1 Å². The Balaban J connectivity index is 4.78. The van der Waals surface area contributed by atoms with Gasteiger partial charge in [-0.25, -0.2) is 0 Å². The number of allylic oxidation sites excluding steroid dienone is 1. The predicted molar refractivity (Wildman–Crippen MR) is 60.2 cm³/mol. The van der Waals surface area contributed by atoms with Crippen molar-refractivity contribution in [1.82, 2.24) is 0 Å². The van der Waals surface area contributed by atoms with Gasteiger partial charge in [0, 0.05) is 0 Å². The van der Waals surface area contributed by atoms with Crippen LogP contribution in [0.25, 0.3) is 0 Å². The fourth-order valence-corrected chi connectivity index (χ4v) is 1.18. The highest BCUT2D eigenvalue weighted by Crippen LogP contribution is 2.13. The van der Waals surface area contributed by atoms with Gasteiger partial charge in [-0.2, -0.15) is 0 Å². The molecule has 0 aromatic rings. The maximum atomic E-state index is 10.5. The standard InChI is InChI=1S/C7H8Cl2N2OS/c1-10-6(8)5(3-12)7(9)11-4-13-2/h3H,1,4H2,2H3/b6-5-,11-7+. The summed E-state index contributed by atoms with van der Waals surface area (Å²) in [6.07, 6.45) is 2.37. The summed E-state index contributed by atoms with van der Waals surface area (Å²) in [5, 5.41) is 0.0200. The second kappa shape index (κ2) is 7.12. The fraction of sp³-hybridized carbons (Fsp3) is 0.286. The summed E-state index contributed by atoms with van der Waals surface area (Å²) < 4.78 is 0. The Morgan fingerprint density at radius 3 is 2.62 bits per heavy atom. The number of hydrogen-bond acceptors (Lipinski definition) is 4. The molecule has 0 N–H and O–H groups in total. The monoisotopic (exact) mass is 238 g/mol. The molecule has 0 rings (SSSR count). The number of carbonyl (C=O) groups excluding carboxylic acids is 1. The van der Waals surface area contributed by atoms with Gasteiger partial charge in [0.2, 0.25) is 0 Å². The van der Waals surface area contributed by atoms with Gasteiger partial charge in [-0.15, -0.1) is 11.8 Å². The average Bonchev–Trinajstić information content (AvgIpc) is 2.15. The fourth-order valence-electron chi connectivity index (χ4n) is 0.474. The van der Waals surface area contributed by atoms with Crippen molar-refractivity contribution in [2.75, 3.05) is 12.1 Å². The number of thioether (sulfide) groups is 1. The van der Waals surface area contributed by atoms with Crippen LogP contribution in [-0.4, -0.2) is 30.3 Å². The highest BCUT2D eigenvalue weighted by atomic mass is 35.5. The van der Waals surface area contributed by atoms with Crippen LogP contribution in [0, 0.1) is 0 Å². The normalized spacial score (nSPS) is 13.6. The highest BCUT2D eigenvalue weighted by Gasteiger charge is 2.07. The first kappa shape index (κ1) is 12.7. The molecule has 0 aliphatic carbocycles. The summed E-state index contributed by atoms with van der Waals surface area (Å²) in [6, 6.07) is 0. The number of aliphatic imine (C=N–C) groups is 2. The molecule has 0 fully saturated rings. The van der Waals surface area contributed by atoms with E-state index < -0.39 is 0 Å². The molecule has 0 aliphatic rings. The maximum Gasteiger partial charge on any atom is 0.156 e. The molecule has 0 aromatic carbocycles. The van der Waals surface area contributed by atoms with Crippen LogP contribution in [0.5, 0.6) is 0 Å². The second-order valence-electron chi connectivity index (χ2n) is 1.85. The molecular formula is C7H8Cl2N2OS. The van der Waals surface area contributed by atoms with Gasteiger partial charge >= 0.3 is 0 Å². The summed E-state index contributed by atoms with van der Waals surface area (Å²) in [5.74, 6) is 0.470. The lowest BCUT2D eigenvalue weighted by molar-refractivity contribution is -0.104. The molecule has 0 bridgehead atoms. The molecule has 0 amide bonds. The van der Waals surface area contributed by atoms with Gasteiger partial charge in [0.05, 0.1) is 11.4 Å². The largest absolute Gasteiger partial charge is 0.298 e. The zero-order valence-electron chi connectivity index (χ0n) is 6.96. The Bertz CT molecular complexity index is 263. The summed E-state index contributed by atoms with van der Waals surface area (Å²) in [7, 11) is 0. The molecule has 0 unspecified atom stereocenters. The molecule has 0 aliphatic heterocycles. The number of rotatable bonds is 5. The molecule has 13 heavy (non-hydrogen) atoms. The quantitative estimate of drug-likeness (QED) is 0.319. The third kappa shape index (κ3) is 4.45. The van der Waals surface area contributed by atoms with Crippen LogP contribution in [-0.2, 0) is 4.79 Å². The smallest absolute Gasteiger partial charge is 0.156 e. The van der Waals surface area contributed by atoms with Gasteiger partial charge in [-0.05, 0) is 13.0 Å². The predicted octanol–water partition coefficient (Wildman–Crippen LogP) is 2.29. The minimum Gasteiger partial charge on any atom is -0.298 e. The number of halogens is 2. The lowest BCUT2D eigenvalue weighted by Crippen LogP contribution is -1.98. The topological polar surface area (TPSA) is 41.8 Å². The SMILES string of the molecule is C=N/C(Cl)=C(C=O)\C(Cl)=N/CSC. The Labute approximate surface area is 90.9 Å². The molecule has 3 nitrogen and oxygen atoms in total. The van der Waals surface area contributed by atoms with Crippen LogP contribution >= 0.6 is 35.0 Å². The van der Waals surface area contributed by atoms with Crippen molar-refractivity contribution in [3.05, 3.63) is 10.7 Å². The van der Waals surface area contributed by atoms with Gasteiger partial charge in [0.1, 0.15) is 10.3 Å². The average molecular weight is 239 g/mol. The summed E-state index contributed by atoms with van der Waals surface area (Å²) in [5.41, 5.74) is 0.0624. The van der Waals surface area contributed by atoms with Crippen molar-refractivity contribution in [3.63, 3.8) is 0 Å². The first-order chi connectivity index (χ1) is 6.17. The summed E-state index contributed by atoms with van der Waals surface area (Å²) in [6.45, 7) is 3.17. The van der Waals surface area contributed by atoms with Crippen LogP contribution in [0.3, 0.4) is 0 Å². The van der Waals surface area contributed by atoms with Crippen LogP contribution in [0.4, 0.5) is 0 Å². The lowest BCUT2D eigenvalue weighted by atomic mass is 10.3. The van der Waals surface area contributed by atoms with E-state index in [0.717, 1.165) is 0 Å². The first-order valence-corrected chi connectivity index (χ1v) is 5.33. The van der Waals surface area contributed by atoms with E-state index in [1.54, 1.807) is 0 Å². The van der Waals surface area contributed by atoms with Crippen LogP contribution in [0.15, 0.2) is 20.7 Å². The molecule has 0 heterocycles. The van der Waals surface area contributed by atoms with E-state index in [1.165, 1.54) is 11.8 Å². The number of hydrogen-bond donors (Lipinski definition) is 0. The molecule has 0 saturated carbocycles. The van der Waals surface area contributed by atoms with Crippen molar-refractivity contribution < 1.29 is 4.79 Å². The van der Waals surface area contributed by atoms with E-state index in [4.69, 9.17) is 23.2 Å². The molecular weight excluding hydrogens is 231 g/mol. The van der Waals surface area contributed by atoms with Gasteiger partial charge in [-0.3, -0.25) is 14.8 Å². The van der Waals surface area contributed by atoms with E-state index in [-0.39, 0.29) is 15.9 Å². The molecule has 0 spiro atoms. The van der Waals surface area contributed by atoms with Gasteiger partial charge < -0.3 is 0 Å². The number of nitrogens with zero attached hydrogens (tertiary/aromatic N) is 2. The van der Waals surface area contributed by atoms with Crippen LogP contribution in [0.2, 0.25) is 0 Å². The molecule has 0 aromatic heterocycles. The maximum absolute atomic E-state index is 10.5. The summed E-state index contributed by atoms with van der Waals surface area (Å²) in [4.78, 5) is 17.8. The first-order valence-electron chi connectivity index (χ1n) is 3.18. The Kier molecular flexibility index (Phi) is 6.94. The van der Waals surface area contributed by atoms with E-state index in [2.05, 4.69) is 16.7 Å². The molecule has 0 atom stereocenters. The minimum atomic E-state index is -0.0372. The highest BCUT2D eigenvalue weighted by molar-refractivity contribution is 7.98. The van der Waals surface area contributed by atoms with E-state index in [1.807, 2.05) is 6.26 Å². The van der Waals surface area contributed by atoms with Gasteiger partial charge in [0.25, 0.3) is 0 Å². The van der Waals surface area contributed by atoms with E-state index in [0.29, 0.717) is 12.2 Å². The molecule has 6 heteroatoms. The second-order valence-corrected chi connectivity index (χ2v) is 3.40. The third-order valence-electron chi connectivity index (χ3n) is 1.03. The summed E-state index contributed by atoms with van der Waals surface area (Å²) >= 11 is 12.7. The molecule has 72 valence electrons. The molecule has 0 radical (unpaired) electrons. The lowest BCUT2D eigenvalue weighted by Gasteiger charge is -1.97.